The van der Waals surface area contributed by atoms with E-state index in [1.165, 1.54) is 26.4 Å². The molecule has 0 aliphatic heterocycles. The Morgan fingerprint density at radius 3 is 2.12 bits per heavy atom. The lowest BCUT2D eigenvalue weighted by Crippen LogP contribution is -2.03. The van der Waals surface area contributed by atoms with Crippen LogP contribution >= 0.6 is 23.7 Å². The van der Waals surface area contributed by atoms with Crippen molar-refractivity contribution in [3.8, 4) is 17.2 Å². The van der Waals surface area contributed by atoms with Crippen LogP contribution in [0.5, 0.6) is 17.2 Å². The van der Waals surface area contributed by atoms with Gasteiger partial charge >= 0.3 is 5.97 Å². The van der Waals surface area contributed by atoms with Crippen LogP contribution in [0.1, 0.15) is 10.4 Å². The zero-order valence-electron chi connectivity index (χ0n) is 8.45. The summed E-state index contributed by atoms with van der Waals surface area (Å²) in [4.78, 5) is 11.4. The van der Waals surface area contributed by atoms with Gasteiger partial charge in [-0.1, -0.05) is 0 Å². The molecular formula is C9H8Cl2O5. The van der Waals surface area contributed by atoms with E-state index in [9.17, 15) is 4.79 Å². The Labute approximate surface area is 102 Å². The minimum atomic E-state index is -0.631. The van der Waals surface area contributed by atoms with Crippen molar-refractivity contribution in [3.05, 3.63) is 17.7 Å². The Balaban J connectivity index is 3.31. The Hall–Kier alpha value is -1.33. The monoisotopic (exact) mass is 266 g/mol. The van der Waals surface area contributed by atoms with Crippen molar-refractivity contribution in [1.29, 1.82) is 0 Å². The average Bonchev–Trinajstić information content (AvgIpc) is 2.35. The molecule has 0 unspecified atom stereocenters. The first-order valence-electron chi connectivity index (χ1n) is 4.05. The van der Waals surface area contributed by atoms with Crippen LogP contribution in [0.25, 0.3) is 0 Å². The van der Waals surface area contributed by atoms with E-state index < -0.39 is 5.97 Å². The molecule has 0 aliphatic rings. The first kappa shape index (κ1) is 12.7. The van der Waals surface area contributed by atoms with Gasteiger partial charge in [0.1, 0.15) is 29.3 Å². The number of rotatable bonds is 4. The molecular weight excluding hydrogens is 259 g/mol. The van der Waals surface area contributed by atoms with Gasteiger partial charge in [0, 0.05) is 12.1 Å². The maximum Gasteiger partial charge on any atom is 0.341 e. The first-order valence-corrected chi connectivity index (χ1v) is 4.67. The molecule has 0 aromatic heterocycles. The van der Waals surface area contributed by atoms with Gasteiger partial charge in [0.05, 0.1) is 14.2 Å². The summed E-state index contributed by atoms with van der Waals surface area (Å²) in [6.07, 6.45) is 0. The zero-order valence-corrected chi connectivity index (χ0v) is 9.96. The van der Waals surface area contributed by atoms with Crippen LogP contribution in [-0.4, -0.2) is 20.2 Å². The van der Waals surface area contributed by atoms with E-state index in [0.29, 0.717) is 0 Å². The minimum Gasteiger partial charge on any atom is -0.493 e. The van der Waals surface area contributed by atoms with E-state index >= 15 is 0 Å². The predicted octanol–water partition coefficient (Wildman–Crippen LogP) is 2.55. The minimum absolute atomic E-state index is 0.0777. The Bertz CT molecular complexity index is 394. The molecule has 0 amide bonds. The molecule has 5 nitrogen and oxygen atoms in total. The van der Waals surface area contributed by atoms with Gasteiger partial charge in [-0.15, -0.1) is 0 Å². The quantitative estimate of drug-likeness (QED) is 0.784. The third-order valence-electron chi connectivity index (χ3n) is 1.84. The Morgan fingerprint density at radius 1 is 1.06 bits per heavy atom. The zero-order chi connectivity index (χ0) is 12.1. The van der Waals surface area contributed by atoms with Gasteiger partial charge in [0.2, 0.25) is 0 Å². The van der Waals surface area contributed by atoms with E-state index in [-0.39, 0.29) is 22.8 Å². The van der Waals surface area contributed by atoms with Gasteiger partial charge in [-0.05, 0) is 0 Å². The van der Waals surface area contributed by atoms with E-state index in [4.69, 9.17) is 28.5 Å². The number of hydrogen-bond acceptors (Lipinski definition) is 5. The summed E-state index contributed by atoms with van der Waals surface area (Å²) in [5.74, 6) is -0.114. The molecule has 0 atom stereocenters. The standard InChI is InChI=1S/C9H8Cl2O5/c1-13-7-4-6(15-10)5(9(12)14-2)3-8(7)16-11/h3-4H,1-2H3. The summed E-state index contributed by atoms with van der Waals surface area (Å²) in [5.41, 5.74) is 0.0777. The molecule has 0 fully saturated rings. The summed E-state index contributed by atoms with van der Waals surface area (Å²) in [5, 5.41) is 0. The topological polar surface area (TPSA) is 54.0 Å². The second-order valence-corrected chi connectivity index (χ2v) is 2.95. The smallest absolute Gasteiger partial charge is 0.341 e. The highest BCUT2D eigenvalue weighted by Gasteiger charge is 2.19. The largest absolute Gasteiger partial charge is 0.493 e. The molecule has 0 heterocycles. The van der Waals surface area contributed by atoms with Crippen LogP contribution in [0.3, 0.4) is 0 Å². The van der Waals surface area contributed by atoms with Gasteiger partial charge in [0.15, 0.2) is 17.2 Å². The number of methoxy groups -OCH3 is 2. The number of carbonyl (C=O) groups is 1. The molecule has 1 rings (SSSR count). The van der Waals surface area contributed by atoms with Crippen molar-refractivity contribution < 1.29 is 22.8 Å². The lowest BCUT2D eigenvalue weighted by atomic mass is 10.2. The van der Waals surface area contributed by atoms with Gasteiger partial charge in [-0.2, -0.15) is 0 Å². The SMILES string of the molecule is COC(=O)c1cc(OCl)c(OC)cc1OCl. The molecule has 1 aromatic carbocycles. The molecule has 0 spiro atoms. The molecule has 7 heteroatoms. The lowest BCUT2D eigenvalue weighted by molar-refractivity contribution is 0.0598. The van der Waals surface area contributed by atoms with Crippen LogP contribution in [-0.2, 0) is 4.74 Å². The molecule has 0 N–H and O–H groups in total. The van der Waals surface area contributed by atoms with Gasteiger partial charge in [0.25, 0.3) is 0 Å². The number of benzene rings is 1. The van der Waals surface area contributed by atoms with Gasteiger partial charge in [-0.3, -0.25) is 0 Å². The van der Waals surface area contributed by atoms with E-state index in [1.807, 2.05) is 0 Å². The van der Waals surface area contributed by atoms with Crippen LogP contribution < -0.4 is 13.3 Å². The maximum atomic E-state index is 11.4. The van der Waals surface area contributed by atoms with Crippen molar-refractivity contribution in [1.82, 2.24) is 0 Å². The number of carbonyl (C=O) groups excluding carboxylic acids is 1. The second-order valence-electron chi connectivity index (χ2n) is 2.65. The fourth-order valence-corrected chi connectivity index (χ4v) is 1.34. The summed E-state index contributed by atoms with van der Waals surface area (Å²) in [6, 6.07) is 2.66. The molecule has 0 radical (unpaired) electrons. The third kappa shape index (κ3) is 2.43. The third-order valence-corrected chi connectivity index (χ3v) is 2.17. The summed E-state index contributed by atoms with van der Waals surface area (Å²) >= 11 is 10.4. The van der Waals surface area contributed by atoms with Crippen molar-refractivity contribution in [2.24, 2.45) is 0 Å². The molecule has 1 aromatic rings. The van der Waals surface area contributed by atoms with Crippen LogP contribution in [0.4, 0.5) is 0 Å². The highest BCUT2D eigenvalue weighted by atomic mass is 35.5. The number of halogens is 2. The van der Waals surface area contributed by atoms with E-state index in [2.05, 4.69) is 13.3 Å². The fourth-order valence-electron chi connectivity index (χ4n) is 1.09. The highest BCUT2D eigenvalue weighted by molar-refractivity contribution is 6.10. The van der Waals surface area contributed by atoms with Crippen LogP contribution in [0, 0.1) is 0 Å². The normalized spacial score (nSPS) is 9.50. The lowest BCUT2D eigenvalue weighted by Gasteiger charge is -2.09. The van der Waals surface area contributed by atoms with Crippen molar-refractivity contribution in [3.63, 3.8) is 0 Å². The van der Waals surface area contributed by atoms with Gasteiger partial charge in [-0.25, -0.2) is 4.79 Å². The molecule has 0 bridgehead atoms. The molecule has 0 saturated heterocycles. The predicted molar refractivity (Wildman–Crippen MR) is 57.3 cm³/mol. The fraction of sp³-hybridized carbons (Fsp3) is 0.222. The Kier molecular flexibility index (Phi) is 4.52. The summed E-state index contributed by atoms with van der Waals surface area (Å²) < 4.78 is 18.5. The number of ether oxygens (including phenoxy) is 2. The van der Waals surface area contributed by atoms with Crippen LogP contribution in [0.2, 0.25) is 0 Å². The molecule has 16 heavy (non-hydrogen) atoms. The van der Waals surface area contributed by atoms with Crippen LogP contribution in [0.15, 0.2) is 12.1 Å². The molecule has 0 aliphatic carbocycles. The Morgan fingerprint density at radius 2 is 1.69 bits per heavy atom. The first-order chi connectivity index (χ1) is 7.67. The maximum absolute atomic E-state index is 11.4. The van der Waals surface area contributed by atoms with E-state index in [1.54, 1.807) is 0 Å². The summed E-state index contributed by atoms with van der Waals surface area (Å²) in [7, 11) is 2.64. The number of esters is 1. The second kappa shape index (κ2) is 5.67. The summed E-state index contributed by atoms with van der Waals surface area (Å²) in [6.45, 7) is 0. The average molecular weight is 267 g/mol. The van der Waals surface area contributed by atoms with Crippen molar-refractivity contribution in [2.45, 2.75) is 0 Å². The van der Waals surface area contributed by atoms with Crippen molar-refractivity contribution in [2.75, 3.05) is 14.2 Å². The van der Waals surface area contributed by atoms with E-state index in [0.717, 1.165) is 0 Å². The highest BCUT2D eigenvalue weighted by Crippen LogP contribution is 2.36. The number of hydrogen-bond donors (Lipinski definition) is 0. The molecule has 88 valence electrons. The molecule has 0 saturated carbocycles. The van der Waals surface area contributed by atoms with Gasteiger partial charge < -0.3 is 18.1 Å². The van der Waals surface area contributed by atoms with Crippen molar-refractivity contribution >= 4 is 29.7 Å².